The summed E-state index contributed by atoms with van der Waals surface area (Å²) < 4.78 is 5.44. The maximum Gasteiger partial charge on any atom is 0.251 e. The predicted octanol–water partition coefficient (Wildman–Crippen LogP) is -0.0143. The monoisotopic (exact) mass is 210 g/mol. The Hall–Kier alpha value is -0.610. The molecule has 4 heteroatoms. The van der Waals surface area contributed by atoms with Crippen LogP contribution in [0.3, 0.4) is 0 Å². The summed E-state index contributed by atoms with van der Waals surface area (Å²) in [5, 5.41) is 3.46. The molecule has 3 heterocycles. The zero-order valence-corrected chi connectivity index (χ0v) is 8.95. The van der Waals surface area contributed by atoms with Crippen LogP contribution in [0.1, 0.15) is 19.3 Å². The van der Waals surface area contributed by atoms with E-state index in [2.05, 4.69) is 5.32 Å². The lowest BCUT2D eigenvalue weighted by molar-refractivity contribution is -0.140. The van der Waals surface area contributed by atoms with E-state index in [4.69, 9.17) is 4.74 Å². The Balaban J connectivity index is 1.61. The van der Waals surface area contributed by atoms with Crippen LogP contribution in [0.2, 0.25) is 0 Å². The molecule has 84 valence electrons. The number of nitrogens with zero attached hydrogens (tertiary/aromatic N) is 1. The van der Waals surface area contributed by atoms with E-state index in [9.17, 15) is 4.79 Å². The molecule has 0 bridgehead atoms. The second-order valence-electron chi connectivity index (χ2n) is 4.85. The van der Waals surface area contributed by atoms with Crippen molar-refractivity contribution in [2.24, 2.45) is 5.92 Å². The van der Waals surface area contributed by atoms with Gasteiger partial charge in [0.05, 0.1) is 0 Å². The number of hydrogen-bond acceptors (Lipinski definition) is 3. The summed E-state index contributed by atoms with van der Waals surface area (Å²) in [6.45, 7) is 3.71. The Morgan fingerprint density at radius 1 is 1.33 bits per heavy atom. The fraction of sp³-hybridized carbons (Fsp3) is 0.909. The van der Waals surface area contributed by atoms with Crippen LogP contribution < -0.4 is 5.32 Å². The highest BCUT2D eigenvalue weighted by Gasteiger charge is 2.40. The molecule has 0 saturated carbocycles. The van der Waals surface area contributed by atoms with Gasteiger partial charge in [0.25, 0.3) is 5.91 Å². The van der Waals surface area contributed by atoms with E-state index in [0.717, 1.165) is 39.1 Å². The number of nitrogens with one attached hydrogen (secondary N) is 1. The molecule has 1 N–H and O–H groups in total. The minimum absolute atomic E-state index is 0.135. The molecule has 0 spiro atoms. The van der Waals surface area contributed by atoms with Crippen molar-refractivity contribution in [3.63, 3.8) is 0 Å². The van der Waals surface area contributed by atoms with Gasteiger partial charge in [-0.25, -0.2) is 0 Å². The summed E-state index contributed by atoms with van der Waals surface area (Å²) >= 11 is 0. The average Bonchev–Trinajstić information content (AvgIpc) is 2.92. The molecule has 3 atom stereocenters. The average molecular weight is 210 g/mol. The Morgan fingerprint density at radius 3 is 3.00 bits per heavy atom. The van der Waals surface area contributed by atoms with Gasteiger partial charge >= 0.3 is 0 Å². The normalized spacial score (nSPS) is 39.7. The second kappa shape index (κ2) is 3.76. The first-order valence-corrected chi connectivity index (χ1v) is 5.98. The standard InChI is InChI=1S/C11H18N2O2/c14-11(10-2-1-5-15-10)13-6-8-3-4-12-9(8)7-13/h8-10,12H,1-7H2/t8-,9+,10?/m0/s1. The first kappa shape index (κ1) is 9.60. The summed E-state index contributed by atoms with van der Waals surface area (Å²) in [6.07, 6.45) is 3.04. The molecule has 3 rings (SSSR count). The van der Waals surface area contributed by atoms with Crippen molar-refractivity contribution in [3.8, 4) is 0 Å². The number of amides is 1. The molecular weight excluding hydrogens is 192 g/mol. The lowest BCUT2D eigenvalue weighted by atomic mass is 10.1. The van der Waals surface area contributed by atoms with Gasteiger partial charge in [-0.1, -0.05) is 0 Å². The minimum atomic E-state index is -0.135. The molecule has 3 aliphatic heterocycles. The summed E-state index contributed by atoms with van der Waals surface area (Å²) in [5.41, 5.74) is 0. The summed E-state index contributed by atoms with van der Waals surface area (Å²) in [6, 6.07) is 0.551. The van der Waals surface area contributed by atoms with Crippen LogP contribution in [0, 0.1) is 5.92 Å². The molecule has 15 heavy (non-hydrogen) atoms. The number of carbonyl (C=O) groups is 1. The molecule has 0 aromatic carbocycles. The molecule has 0 radical (unpaired) electrons. The van der Waals surface area contributed by atoms with Gasteiger partial charge in [0.2, 0.25) is 0 Å². The quantitative estimate of drug-likeness (QED) is 0.661. The highest BCUT2D eigenvalue weighted by atomic mass is 16.5. The highest BCUT2D eigenvalue weighted by Crippen LogP contribution is 2.26. The van der Waals surface area contributed by atoms with Crippen molar-refractivity contribution < 1.29 is 9.53 Å². The van der Waals surface area contributed by atoms with Crippen molar-refractivity contribution in [1.29, 1.82) is 0 Å². The molecule has 4 nitrogen and oxygen atoms in total. The third-order valence-electron chi connectivity index (χ3n) is 3.88. The molecule has 0 aromatic heterocycles. The number of rotatable bonds is 1. The number of carbonyl (C=O) groups excluding carboxylic acids is 1. The van der Waals surface area contributed by atoms with Gasteiger partial charge in [-0.2, -0.15) is 0 Å². The SMILES string of the molecule is O=C(C1CCCO1)N1C[C@@H]2CCN[C@@H]2C1. The number of fused-ring (bicyclic) bond motifs is 1. The minimum Gasteiger partial charge on any atom is -0.368 e. The molecule has 0 aliphatic carbocycles. The summed E-state index contributed by atoms with van der Waals surface area (Å²) in [7, 11) is 0. The number of hydrogen-bond donors (Lipinski definition) is 1. The van der Waals surface area contributed by atoms with E-state index in [-0.39, 0.29) is 12.0 Å². The van der Waals surface area contributed by atoms with Gasteiger partial charge < -0.3 is 15.0 Å². The Bertz CT molecular complexity index is 251. The third kappa shape index (κ3) is 1.66. The van der Waals surface area contributed by atoms with E-state index in [1.54, 1.807) is 0 Å². The Labute approximate surface area is 90.0 Å². The second-order valence-corrected chi connectivity index (χ2v) is 4.85. The first-order chi connectivity index (χ1) is 7.34. The lowest BCUT2D eigenvalue weighted by Crippen LogP contribution is -2.39. The van der Waals surface area contributed by atoms with Crippen LogP contribution in [0.4, 0.5) is 0 Å². The smallest absolute Gasteiger partial charge is 0.251 e. The van der Waals surface area contributed by atoms with Crippen LogP contribution in [0.15, 0.2) is 0 Å². The van der Waals surface area contributed by atoms with E-state index < -0.39 is 0 Å². The van der Waals surface area contributed by atoms with Crippen LogP contribution in [-0.4, -0.2) is 49.2 Å². The Kier molecular flexibility index (Phi) is 2.41. The van der Waals surface area contributed by atoms with Gasteiger partial charge in [0.1, 0.15) is 6.10 Å². The summed E-state index contributed by atoms with van der Waals surface area (Å²) in [4.78, 5) is 14.0. The van der Waals surface area contributed by atoms with Gasteiger partial charge in [0.15, 0.2) is 0 Å². The molecule has 0 aromatic rings. The zero-order chi connectivity index (χ0) is 10.3. The van der Waals surface area contributed by atoms with Crippen molar-refractivity contribution in [3.05, 3.63) is 0 Å². The van der Waals surface area contributed by atoms with Gasteiger partial charge in [-0.3, -0.25) is 4.79 Å². The van der Waals surface area contributed by atoms with E-state index in [1.807, 2.05) is 4.90 Å². The fourth-order valence-corrected chi connectivity index (χ4v) is 3.01. The zero-order valence-electron chi connectivity index (χ0n) is 8.95. The first-order valence-electron chi connectivity index (χ1n) is 5.98. The van der Waals surface area contributed by atoms with Gasteiger partial charge in [0, 0.05) is 25.7 Å². The predicted molar refractivity (Wildman–Crippen MR) is 55.5 cm³/mol. The van der Waals surface area contributed by atoms with E-state index >= 15 is 0 Å². The Morgan fingerprint density at radius 2 is 2.27 bits per heavy atom. The van der Waals surface area contributed by atoms with Crippen molar-refractivity contribution in [2.45, 2.75) is 31.4 Å². The molecule has 3 fully saturated rings. The van der Waals surface area contributed by atoms with Crippen LogP contribution in [0.25, 0.3) is 0 Å². The molecule has 1 amide bonds. The van der Waals surface area contributed by atoms with E-state index in [0.29, 0.717) is 12.0 Å². The topological polar surface area (TPSA) is 41.6 Å². The maximum absolute atomic E-state index is 12.1. The summed E-state index contributed by atoms with van der Waals surface area (Å²) in [5.74, 6) is 0.916. The van der Waals surface area contributed by atoms with Crippen molar-refractivity contribution >= 4 is 5.91 Å². The van der Waals surface area contributed by atoms with Crippen molar-refractivity contribution in [1.82, 2.24) is 10.2 Å². The highest BCUT2D eigenvalue weighted by molar-refractivity contribution is 5.81. The fourth-order valence-electron chi connectivity index (χ4n) is 3.01. The molecule has 1 unspecified atom stereocenters. The van der Waals surface area contributed by atoms with Crippen LogP contribution in [-0.2, 0) is 9.53 Å². The molecular formula is C11H18N2O2. The van der Waals surface area contributed by atoms with Gasteiger partial charge in [-0.05, 0) is 31.7 Å². The molecule has 3 saturated heterocycles. The van der Waals surface area contributed by atoms with Crippen LogP contribution in [0.5, 0.6) is 0 Å². The lowest BCUT2D eigenvalue weighted by Gasteiger charge is -2.20. The number of ether oxygens (including phenoxy) is 1. The number of likely N-dealkylation sites (tertiary alicyclic amines) is 1. The van der Waals surface area contributed by atoms with Crippen molar-refractivity contribution in [2.75, 3.05) is 26.2 Å². The maximum atomic E-state index is 12.1. The van der Waals surface area contributed by atoms with Gasteiger partial charge in [-0.15, -0.1) is 0 Å². The molecule has 3 aliphatic rings. The third-order valence-corrected chi connectivity index (χ3v) is 3.88. The van der Waals surface area contributed by atoms with Crippen LogP contribution >= 0.6 is 0 Å². The van der Waals surface area contributed by atoms with E-state index in [1.165, 1.54) is 6.42 Å². The largest absolute Gasteiger partial charge is 0.368 e.